The second kappa shape index (κ2) is 7.77. The van der Waals surface area contributed by atoms with Crippen molar-refractivity contribution in [2.75, 3.05) is 5.32 Å². The van der Waals surface area contributed by atoms with Crippen molar-refractivity contribution < 1.29 is 9.53 Å². The largest absolute Gasteiger partial charge is 0.481 e. The fourth-order valence-electron chi connectivity index (χ4n) is 1.88. The standard InChI is InChI=1S/C16H12Cl2N4O2S/c1-9(24-10-5-6-11(17)12(18)8-10)14(23)20-16-22-21-15(25-16)13-4-2-3-7-19-13/h2-9H,1H3,(H,20,22,23). The second-order valence-corrected chi connectivity index (χ2v) is 6.74. The van der Waals surface area contributed by atoms with E-state index in [9.17, 15) is 4.79 Å². The van der Waals surface area contributed by atoms with Gasteiger partial charge < -0.3 is 4.74 Å². The molecule has 6 nitrogen and oxygen atoms in total. The maximum atomic E-state index is 12.2. The zero-order valence-electron chi connectivity index (χ0n) is 12.9. The number of nitrogens with zero attached hydrogens (tertiary/aromatic N) is 3. The molecule has 1 unspecified atom stereocenters. The van der Waals surface area contributed by atoms with Gasteiger partial charge in [0.2, 0.25) is 5.13 Å². The molecule has 25 heavy (non-hydrogen) atoms. The molecule has 0 radical (unpaired) electrons. The molecule has 1 aromatic carbocycles. The molecular weight excluding hydrogens is 383 g/mol. The number of rotatable bonds is 5. The summed E-state index contributed by atoms with van der Waals surface area (Å²) in [4.78, 5) is 16.4. The number of carbonyl (C=O) groups is 1. The van der Waals surface area contributed by atoms with E-state index in [1.807, 2.05) is 18.2 Å². The second-order valence-electron chi connectivity index (χ2n) is 4.95. The lowest BCUT2D eigenvalue weighted by Crippen LogP contribution is -2.30. The summed E-state index contributed by atoms with van der Waals surface area (Å²) in [6, 6.07) is 10.3. The van der Waals surface area contributed by atoms with Crippen LogP contribution in [0.15, 0.2) is 42.6 Å². The van der Waals surface area contributed by atoms with Crippen LogP contribution in [0.2, 0.25) is 10.0 Å². The van der Waals surface area contributed by atoms with Crippen molar-refractivity contribution in [1.82, 2.24) is 15.2 Å². The first-order chi connectivity index (χ1) is 12.0. The smallest absolute Gasteiger partial charge is 0.266 e. The first kappa shape index (κ1) is 17.6. The molecule has 9 heteroatoms. The molecule has 0 saturated heterocycles. The third kappa shape index (κ3) is 4.45. The molecule has 0 bridgehead atoms. The maximum absolute atomic E-state index is 12.2. The molecule has 2 aromatic heterocycles. The van der Waals surface area contributed by atoms with Crippen LogP contribution in [-0.2, 0) is 4.79 Å². The normalized spacial score (nSPS) is 11.8. The van der Waals surface area contributed by atoms with Crippen LogP contribution in [0.4, 0.5) is 5.13 Å². The average molecular weight is 395 g/mol. The Morgan fingerprint density at radius 3 is 2.76 bits per heavy atom. The Balaban J connectivity index is 1.63. The van der Waals surface area contributed by atoms with Crippen molar-refractivity contribution in [3.8, 4) is 16.5 Å². The lowest BCUT2D eigenvalue weighted by molar-refractivity contribution is -0.122. The summed E-state index contributed by atoms with van der Waals surface area (Å²) >= 11 is 13.0. The Morgan fingerprint density at radius 2 is 2.04 bits per heavy atom. The van der Waals surface area contributed by atoms with Crippen LogP contribution in [0.25, 0.3) is 10.7 Å². The molecule has 3 aromatic rings. The molecule has 3 rings (SSSR count). The molecule has 0 aliphatic carbocycles. The number of benzene rings is 1. The number of ether oxygens (including phenoxy) is 1. The van der Waals surface area contributed by atoms with Crippen LogP contribution in [0.5, 0.6) is 5.75 Å². The molecule has 1 amide bonds. The van der Waals surface area contributed by atoms with Gasteiger partial charge in [-0.2, -0.15) is 0 Å². The first-order valence-electron chi connectivity index (χ1n) is 7.20. The number of aromatic nitrogens is 3. The molecule has 1 atom stereocenters. The molecular formula is C16H12Cl2N4O2S. The fourth-order valence-corrected chi connectivity index (χ4v) is 2.89. The van der Waals surface area contributed by atoms with E-state index < -0.39 is 6.10 Å². The Morgan fingerprint density at radius 1 is 1.20 bits per heavy atom. The summed E-state index contributed by atoms with van der Waals surface area (Å²) in [6.45, 7) is 1.62. The van der Waals surface area contributed by atoms with Crippen LogP contribution in [0.3, 0.4) is 0 Å². The lowest BCUT2D eigenvalue weighted by Gasteiger charge is -2.13. The Labute approximate surface area is 157 Å². The predicted molar refractivity (Wildman–Crippen MR) is 98.3 cm³/mol. The minimum Gasteiger partial charge on any atom is -0.481 e. The van der Waals surface area contributed by atoms with Crippen molar-refractivity contribution in [3.63, 3.8) is 0 Å². The number of hydrogen-bond donors (Lipinski definition) is 1. The van der Waals surface area contributed by atoms with Crippen molar-refractivity contribution in [2.24, 2.45) is 0 Å². The third-order valence-corrected chi connectivity index (χ3v) is 4.71. The predicted octanol–water partition coefficient (Wildman–Crippen LogP) is 4.31. The lowest BCUT2D eigenvalue weighted by atomic mass is 10.3. The van der Waals surface area contributed by atoms with E-state index in [1.165, 1.54) is 11.3 Å². The van der Waals surface area contributed by atoms with Crippen LogP contribution < -0.4 is 10.1 Å². The highest BCUT2D eigenvalue weighted by molar-refractivity contribution is 7.18. The van der Waals surface area contributed by atoms with E-state index >= 15 is 0 Å². The van der Waals surface area contributed by atoms with Gasteiger partial charge in [0.25, 0.3) is 5.91 Å². The minimum absolute atomic E-state index is 0.352. The van der Waals surface area contributed by atoms with E-state index in [0.717, 1.165) is 0 Å². The Bertz CT molecular complexity index is 889. The summed E-state index contributed by atoms with van der Waals surface area (Å²) in [7, 11) is 0. The van der Waals surface area contributed by atoms with E-state index in [-0.39, 0.29) is 5.91 Å². The highest BCUT2D eigenvalue weighted by atomic mass is 35.5. The van der Waals surface area contributed by atoms with Crippen LogP contribution in [-0.4, -0.2) is 27.2 Å². The quantitative estimate of drug-likeness (QED) is 0.697. The highest BCUT2D eigenvalue weighted by Crippen LogP contribution is 2.27. The summed E-state index contributed by atoms with van der Waals surface area (Å²) in [6.07, 6.45) is 0.918. The van der Waals surface area contributed by atoms with Gasteiger partial charge in [-0.3, -0.25) is 15.1 Å². The van der Waals surface area contributed by atoms with Gasteiger partial charge in [0.15, 0.2) is 11.1 Å². The average Bonchev–Trinajstić information content (AvgIpc) is 3.07. The highest BCUT2D eigenvalue weighted by Gasteiger charge is 2.18. The van der Waals surface area contributed by atoms with E-state index in [4.69, 9.17) is 27.9 Å². The number of anilines is 1. The first-order valence-corrected chi connectivity index (χ1v) is 8.77. The molecule has 0 fully saturated rings. The third-order valence-electron chi connectivity index (χ3n) is 3.11. The van der Waals surface area contributed by atoms with Crippen LogP contribution in [0, 0.1) is 0 Å². The van der Waals surface area contributed by atoms with Crippen molar-refractivity contribution >= 4 is 45.6 Å². The van der Waals surface area contributed by atoms with Gasteiger partial charge in [0.1, 0.15) is 11.4 Å². The summed E-state index contributed by atoms with van der Waals surface area (Å²) in [5.41, 5.74) is 0.695. The Hall–Kier alpha value is -2.22. The molecule has 0 spiro atoms. The number of halogens is 2. The van der Waals surface area contributed by atoms with Gasteiger partial charge in [-0.05, 0) is 31.2 Å². The number of carbonyl (C=O) groups excluding carboxylic acids is 1. The molecule has 0 aliphatic heterocycles. The summed E-state index contributed by atoms with van der Waals surface area (Å²) in [5.74, 6) is 0.0956. The molecule has 128 valence electrons. The zero-order valence-corrected chi connectivity index (χ0v) is 15.3. The van der Waals surface area contributed by atoms with Crippen molar-refractivity contribution in [1.29, 1.82) is 0 Å². The number of nitrogens with one attached hydrogen (secondary N) is 1. The molecule has 2 heterocycles. The number of pyridine rings is 1. The molecule has 0 aliphatic rings. The van der Waals surface area contributed by atoms with E-state index in [0.29, 0.717) is 31.6 Å². The number of amides is 1. The zero-order chi connectivity index (χ0) is 17.8. The summed E-state index contributed by atoms with van der Waals surface area (Å²) < 4.78 is 5.56. The fraction of sp³-hybridized carbons (Fsp3) is 0.125. The maximum Gasteiger partial charge on any atom is 0.266 e. The topological polar surface area (TPSA) is 77.0 Å². The van der Waals surface area contributed by atoms with E-state index in [1.54, 1.807) is 31.3 Å². The van der Waals surface area contributed by atoms with Crippen molar-refractivity contribution in [3.05, 3.63) is 52.6 Å². The number of hydrogen-bond acceptors (Lipinski definition) is 6. The molecule has 1 N–H and O–H groups in total. The minimum atomic E-state index is -0.751. The SMILES string of the molecule is CC(Oc1ccc(Cl)c(Cl)c1)C(=O)Nc1nnc(-c2ccccn2)s1. The van der Waals surface area contributed by atoms with E-state index in [2.05, 4.69) is 20.5 Å². The van der Waals surface area contributed by atoms with Crippen LogP contribution >= 0.6 is 34.5 Å². The van der Waals surface area contributed by atoms with Gasteiger partial charge in [-0.1, -0.05) is 40.6 Å². The van der Waals surface area contributed by atoms with Gasteiger partial charge in [0.05, 0.1) is 10.0 Å². The van der Waals surface area contributed by atoms with Gasteiger partial charge in [-0.25, -0.2) is 0 Å². The van der Waals surface area contributed by atoms with Gasteiger partial charge in [-0.15, -0.1) is 10.2 Å². The van der Waals surface area contributed by atoms with Gasteiger partial charge in [0, 0.05) is 12.3 Å². The molecule has 0 saturated carbocycles. The van der Waals surface area contributed by atoms with Crippen molar-refractivity contribution in [2.45, 2.75) is 13.0 Å². The monoisotopic (exact) mass is 394 g/mol. The summed E-state index contributed by atoms with van der Waals surface area (Å²) in [5, 5.41) is 12.4. The van der Waals surface area contributed by atoms with Crippen LogP contribution in [0.1, 0.15) is 6.92 Å². The Kier molecular flexibility index (Phi) is 5.47. The van der Waals surface area contributed by atoms with Gasteiger partial charge >= 0.3 is 0 Å².